The van der Waals surface area contributed by atoms with Gasteiger partial charge >= 0.3 is 0 Å². The summed E-state index contributed by atoms with van der Waals surface area (Å²) in [6.45, 7) is 6.50. The molecule has 1 heterocycles. The predicted octanol–water partition coefficient (Wildman–Crippen LogP) is 3.33. The van der Waals surface area contributed by atoms with Crippen LogP contribution in [0, 0.1) is 0 Å². The van der Waals surface area contributed by atoms with Crippen molar-refractivity contribution in [3.63, 3.8) is 0 Å². The highest BCUT2D eigenvalue weighted by Gasteiger charge is 2.31. The highest BCUT2D eigenvalue weighted by Crippen LogP contribution is 2.35. The Balaban J connectivity index is 2.37. The summed E-state index contributed by atoms with van der Waals surface area (Å²) in [5.41, 5.74) is 0.486. The normalized spacial score (nSPS) is 17.5. The minimum absolute atomic E-state index is 0.112. The van der Waals surface area contributed by atoms with E-state index in [1.54, 1.807) is 0 Å². The maximum Gasteiger partial charge on any atom is 0.267 e. The maximum absolute atomic E-state index is 13.5. The molecule has 0 spiro atoms. The fourth-order valence-corrected chi connectivity index (χ4v) is 2.17. The van der Waals surface area contributed by atoms with E-state index in [0.29, 0.717) is 42.7 Å². The first-order chi connectivity index (χ1) is 9.89. The van der Waals surface area contributed by atoms with Crippen molar-refractivity contribution in [1.29, 1.82) is 0 Å². The summed E-state index contributed by atoms with van der Waals surface area (Å²) in [4.78, 5) is 12.8. The minimum atomic E-state index is -2.77. The monoisotopic (exact) mass is 297 g/mol. The van der Waals surface area contributed by atoms with Gasteiger partial charge in [-0.3, -0.25) is 0 Å². The van der Waals surface area contributed by atoms with Gasteiger partial charge in [0, 0.05) is 19.0 Å². The molecule has 21 heavy (non-hydrogen) atoms. The van der Waals surface area contributed by atoms with Crippen molar-refractivity contribution in [2.45, 2.75) is 52.0 Å². The third-order valence-corrected chi connectivity index (χ3v) is 3.02. The summed E-state index contributed by atoms with van der Waals surface area (Å²) >= 11 is 0. The zero-order valence-electron chi connectivity index (χ0n) is 12.6. The first-order valence-electron chi connectivity index (χ1n) is 7.26. The van der Waals surface area contributed by atoms with E-state index < -0.39 is 5.92 Å². The van der Waals surface area contributed by atoms with E-state index >= 15 is 0 Å². The summed E-state index contributed by atoms with van der Waals surface area (Å²) in [7, 11) is 0. The topological polar surface area (TPSA) is 62.7 Å². The van der Waals surface area contributed by atoms with Crippen molar-refractivity contribution < 1.29 is 8.78 Å². The smallest absolute Gasteiger partial charge is 0.267 e. The zero-order chi connectivity index (χ0) is 15.5. The lowest BCUT2D eigenvalue weighted by molar-refractivity contribution is 0.0403. The molecule has 2 N–H and O–H groups in total. The second kappa shape index (κ2) is 6.32. The van der Waals surface area contributed by atoms with Crippen LogP contribution in [0.15, 0.2) is 6.08 Å². The van der Waals surface area contributed by atoms with Crippen molar-refractivity contribution in [3.8, 4) is 0 Å². The van der Waals surface area contributed by atoms with E-state index in [4.69, 9.17) is 0 Å². The molecule has 0 aliphatic heterocycles. The van der Waals surface area contributed by atoms with Crippen LogP contribution in [0.2, 0.25) is 0 Å². The Kier molecular flexibility index (Phi) is 4.69. The summed E-state index contributed by atoms with van der Waals surface area (Å²) in [6, 6.07) is 0.150. The van der Waals surface area contributed by atoms with Crippen LogP contribution >= 0.6 is 0 Å². The first kappa shape index (κ1) is 15.6. The standard InChI is InChI=1S/C14H21F2N5/c1-4-17-12-19-11(20-13(21-12)18-9(2)3)10-6-5-7-14(15,16)8-10/h8-9H,4-7H2,1-3H3,(H2,17,18,19,20,21). The lowest BCUT2D eigenvalue weighted by Gasteiger charge is -2.20. The number of halogens is 2. The Morgan fingerprint density at radius 3 is 2.57 bits per heavy atom. The van der Waals surface area contributed by atoms with Gasteiger partial charge in [-0.1, -0.05) is 0 Å². The van der Waals surface area contributed by atoms with E-state index in [-0.39, 0.29) is 12.5 Å². The van der Waals surface area contributed by atoms with Gasteiger partial charge < -0.3 is 10.6 Å². The van der Waals surface area contributed by atoms with Crippen LogP contribution in [0.25, 0.3) is 5.57 Å². The van der Waals surface area contributed by atoms with E-state index in [2.05, 4.69) is 25.6 Å². The van der Waals surface area contributed by atoms with E-state index in [0.717, 1.165) is 6.08 Å². The number of aromatic nitrogens is 3. The number of anilines is 2. The van der Waals surface area contributed by atoms with Crippen molar-refractivity contribution in [2.24, 2.45) is 0 Å². The van der Waals surface area contributed by atoms with Gasteiger partial charge in [-0.25, -0.2) is 8.78 Å². The second-order valence-corrected chi connectivity index (χ2v) is 5.42. The molecule has 0 unspecified atom stereocenters. The fraction of sp³-hybridized carbons (Fsp3) is 0.643. The van der Waals surface area contributed by atoms with Gasteiger partial charge in [0.2, 0.25) is 11.9 Å². The number of nitrogens with one attached hydrogen (secondary N) is 2. The lowest BCUT2D eigenvalue weighted by atomic mass is 9.96. The Bertz CT molecular complexity index is 528. The Labute approximate surface area is 123 Å². The quantitative estimate of drug-likeness (QED) is 0.873. The van der Waals surface area contributed by atoms with E-state index in [9.17, 15) is 8.78 Å². The molecule has 0 saturated heterocycles. The minimum Gasteiger partial charge on any atom is -0.354 e. The number of hydrogen-bond acceptors (Lipinski definition) is 5. The molecule has 116 valence electrons. The lowest BCUT2D eigenvalue weighted by Crippen LogP contribution is -2.19. The highest BCUT2D eigenvalue weighted by molar-refractivity contribution is 5.63. The molecule has 0 atom stereocenters. The number of hydrogen-bond donors (Lipinski definition) is 2. The van der Waals surface area contributed by atoms with Crippen molar-refractivity contribution in [1.82, 2.24) is 15.0 Å². The molecule has 0 bridgehead atoms. The Hall–Kier alpha value is -1.79. The predicted molar refractivity (Wildman–Crippen MR) is 79.5 cm³/mol. The molecule has 0 aromatic carbocycles. The molecule has 1 aliphatic carbocycles. The zero-order valence-corrected chi connectivity index (χ0v) is 12.6. The molecule has 2 rings (SSSR count). The largest absolute Gasteiger partial charge is 0.354 e. The highest BCUT2D eigenvalue weighted by atomic mass is 19.3. The van der Waals surface area contributed by atoms with Crippen molar-refractivity contribution in [2.75, 3.05) is 17.2 Å². The van der Waals surface area contributed by atoms with Gasteiger partial charge in [0.15, 0.2) is 5.82 Å². The fourth-order valence-electron chi connectivity index (χ4n) is 2.17. The average Bonchev–Trinajstić information content (AvgIpc) is 2.36. The number of allylic oxidation sites excluding steroid dienone is 2. The van der Waals surface area contributed by atoms with Gasteiger partial charge in [0.1, 0.15) is 0 Å². The summed E-state index contributed by atoms with van der Waals surface area (Å²) in [5.74, 6) is -1.64. The van der Waals surface area contributed by atoms with E-state index in [1.165, 1.54) is 0 Å². The van der Waals surface area contributed by atoms with Crippen LogP contribution in [-0.2, 0) is 0 Å². The number of alkyl halides is 2. The Morgan fingerprint density at radius 1 is 1.24 bits per heavy atom. The van der Waals surface area contributed by atoms with Crippen LogP contribution in [0.5, 0.6) is 0 Å². The molecular weight excluding hydrogens is 276 g/mol. The molecule has 1 aromatic heterocycles. The molecule has 0 fully saturated rings. The summed E-state index contributed by atoms with van der Waals surface area (Å²) in [6.07, 6.45) is 1.87. The molecular formula is C14H21F2N5. The van der Waals surface area contributed by atoms with Gasteiger partial charge in [-0.15, -0.1) is 0 Å². The van der Waals surface area contributed by atoms with Crippen molar-refractivity contribution in [3.05, 3.63) is 11.9 Å². The van der Waals surface area contributed by atoms with Crippen LogP contribution in [0.1, 0.15) is 45.9 Å². The number of nitrogens with zero attached hydrogens (tertiary/aromatic N) is 3. The molecule has 0 radical (unpaired) electrons. The van der Waals surface area contributed by atoms with Gasteiger partial charge in [0.25, 0.3) is 5.92 Å². The van der Waals surface area contributed by atoms with Crippen LogP contribution in [0.3, 0.4) is 0 Å². The molecule has 0 amide bonds. The summed E-state index contributed by atoms with van der Waals surface area (Å²) < 4.78 is 27.0. The maximum atomic E-state index is 13.5. The van der Waals surface area contributed by atoms with Gasteiger partial charge in [0.05, 0.1) is 0 Å². The average molecular weight is 297 g/mol. The van der Waals surface area contributed by atoms with Gasteiger partial charge in [-0.05, 0) is 45.3 Å². The SMILES string of the molecule is CCNc1nc(NC(C)C)nc(C2=CC(F)(F)CCC2)n1. The molecule has 0 saturated carbocycles. The van der Waals surface area contributed by atoms with E-state index in [1.807, 2.05) is 20.8 Å². The molecule has 7 heteroatoms. The number of rotatable bonds is 5. The molecule has 1 aliphatic rings. The Morgan fingerprint density at radius 2 is 1.95 bits per heavy atom. The molecule has 1 aromatic rings. The van der Waals surface area contributed by atoms with Crippen LogP contribution in [0.4, 0.5) is 20.7 Å². The van der Waals surface area contributed by atoms with Gasteiger partial charge in [-0.2, -0.15) is 15.0 Å². The van der Waals surface area contributed by atoms with Crippen molar-refractivity contribution >= 4 is 17.5 Å². The summed E-state index contributed by atoms with van der Waals surface area (Å²) in [5, 5.41) is 6.09. The molecule has 5 nitrogen and oxygen atoms in total. The van der Waals surface area contributed by atoms with Crippen LogP contribution in [-0.4, -0.2) is 33.5 Å². The van der Waals surface area contributed by atoms with Crippen LogP contribution < -0.4 is 10.6 Å². The third kappa shape index (κ3) is 4.34. The third-order valence-electron chi connectivity index (χ3n) is 3.02. The second-order valence-electron chi connectivity index (χ2n) is 5.42. The first-order valence-corrected chi connectivity index (χ1v) is 7.26.